The molecule has 104 valence electrons. The number of rotatable bonds is 2. The van der Waals surface area contributed by atoms with Crippen LogP contribution in [0.25, 0.3) is 0 Å². The van der Waals surface area contributed by atoms with Crippen LogP contribution in [-0.4, -0.2) is 10.2 Å². The van der Waals surface area contributed by atoms with E-state index in [9.17, 15) is 10.2 Å². The maximum absolute atomic E-state index is 9.63. The van der Waals surface area contributed by atoms with Gasteiger partial charge < -0.3 is 10.2 Å². The fourth-order valence-electron chi connectivity index (χ4n) is 3.52. The van der Waals surface area contributed by atoms with Gasteiger partial charge in [-0.25, -0.2) is 0 Å². The van der Waals surface area contributed by atoms with Crippen LogP contribution in [0.1, 0.15) is 48.3 Å². The van der Waals surface area contributed by atoms with E-state index in [1.165, 1.54) is 16.7 Å². The highest BCUT2D eigenvalue weighted by atomic mass is 16.3. The molecular formula is C18H20O2. The number of phenols is 2. The number of fused-ring (bicyclic) bond motifs is 1. The molecule has 2 aromatic carbocycles. The minimum Gasteiger partial charge on any atom is -0.508 e. The summed E-state index contributed by atoms with van der Waals surface area (Å²) in [6, 6.07) is 13.4. The lowest BCUT2D eigenvalue weighted by Crippen LogP contribution is -2.18. The number of phenolic OH excluding ortho intramolecular Hbond substituents is 2. The molecule has 2 aromatic rings. The first kappa shape index (κ1) is 13.0. The Bertz CT molecular complexity index is 601. The largest absolute Gasteiger partial charge is 0.508 e. The molecule has 1 unspecified atom stereocenters. The van der Waals surface area contributed by atoms with Crippen molar-refractivity contribution >= 4 is 0 Å². The SMILES string of the molecule is CCC1c2ccc(O)cc2CC[C@@H]1c1ccc(O)cc1. The van der Waals surface area contributed by atoms with E-state index in [1.54, 1.807) is 18.2 Å². The van der Waals surface area contributed by atoms with Gasteiger partial charge in [-0.1, -0.05) is 25.1 Å². The standard InChI is InChI=1S/C18H20O2/c1-2-16-17(12-3-6-14(19)7-4-12)9-5-13-11-15(20)8-10-18(13)16/h3-4,6-8,10-11,16-17,19-20H,2,5,9H2,1H3/t16?,17-/m1/s1. The maximum Gasteiger partial charge on any atom is 0.115 e. The Morgan fingerprint density at radius 2 is 1.70 bits per heavy atom. The first-order valence-electron chi connectivity index (χ1n) is 7.29. The Morgan fingerprint density at radius 3 is 2.40 bits per heavy atom. The van der Waals surface area contributed by atoms with Gasteiger partial charge >= 0.3 is 0 Å². The molecular weight excluding hydrogens is 248 g/mol. The topological polar surface area (TPSA) is 40.5 Å². The third-order valence-corrected chi connectivity index (χ3v) is 4.50. The van der Waals surface area contributed by atoms with Gasteiger partial charge in [-0.2, -0.15) is 0 Å². The zero-order valence-electron chi connectivity index (χ0n) is 11.7. The average molecular weight is 268 g/mol. The number of benzene rings is 2. The highest BCUT2D eigenvalue weighted by Crippen LogP contribution is 2.45. The quantitative estimate of drug-likeness (QED) is 0.851. The fourth-order valence-corrected chi connectivity index (χ4v) is 3.52. The van der Waals surface area contributed by atoms with E-state index in [2.05, 4.69) is 13.0 Å². The Morgan fingerprint density at radius 1 is 1.00 bits per heavy atom. The smallest absolute Gasteiger partial charge is 0.115 e. The number of hydrogen-bond donors (Lipinski definition) is 2. The Kier molecular flexibility index (Phi) is 3.39. The number of aryl methyl sites for hydroxylation is 1. The molecule has 0 radical (unpaired) electrons. The molecule has 2 nitrogen and oxygen atoms in total. The second kappa shape index (κ2) is 5.20. The molecule has 20 heavy (non-hydrogen) atoms. The van der Waals surface area contributed by atoms with E-state index >= 15 is 0 Å². The second-order valence-corrected chi connectivity index (χ2v) is 5.63. The first-order chi connectivity index (χ1) is 9.69. The highest BCUT2D eigenvalue weighted by molar-refractivity contribution is 5.42. The van der Waals surface area contributed by atoms with Crippen LogP contribution in [0.5, 0.6) is 11.5 Å². The van der Waals surface area contributed by atoms with Crippen molar-refractivity contribution in [2.24, 2.45) is 0 Å². The van der Waals surface area contributed by atoms with Crippen molar-refractivity contribution in [1.82, 2.24) is 0 Å². The first-order valence-corrected chi connectivity index (χ1v) is 7.29. The van der Waals surface area contributed by atoms with Gasteiger partial charge in [-0.15, -0.1) is 0 Å². The maximum atomic E-state index is 9.63. The molecule has 0 bridgehead atoms. The number of hydrogen-bond acceptors (Lipinski definition) is 2. The van der Waals surface area contributed by atoms with Crippen molar-refractivity contribution in [3.8, 4) is 11.5 Å². The Balaban J connectivity index is 1.98. The molecule has 2 heteroatoms. The molecule has 0 saturated heterocycles. The zero-order chi connectivity index (χ0) is 14.1. The van der Waals surface area contributed by atoms with Gasteiger partial charge in [0.2, 0.25) is 0 Å². The molecule has 0 fully saturated rings. The lowest BCUT2D eigenvalue weighted by atomic mass is 9.71. The van der Waals surface area contributed by atoms with Crippen molar-refractivity contribution in [2.75, 3.05) is 0 Å². The van der Waals surface area contributed by atoms with E-state index in [0.717, 1.165) is 19.3 Å². The predicted molar refractivity (Wildman–Crippen MR) is 80.3 cm³/mol. The van der Waals surface area contributed by atoms with Crippen molar-refractivity contribution in [2.45, 2.75) is 38.0 Å². The lowest BCUT2D eigenvalue weighted by Gasteiger charge is -2.33. The summed E-state index contributed by atoms with van der Waals surface area (Å²) >= 11 is 0. The van der Waals surface area contributed by atoms with Crippen LogP contribution in [0.2, 0.25) is 0 Å². The van der Waals surface area contributed by atoms with Crippen molar-refractivity contribution in [1.29, 1.82) is 0 Å². The van der Waals surface area contributed by atoms with Crippen LogP contribution >= 0.6 is 0 Å². The van der Waals surface area contributed by atoms with Gasteiger partial charge in [0.15, 0.2) is 0 Å². The Hall–Kier alpha value is -1.96. The van der Waals surface area contributed by atoms with Crippen LogP contribution in [0, 0.1) is 0 Å². The van der Waals surface area contributed by atoms with E-state index in [-0.39, 0.29) is 0 Å². The van der Waals surface area contributed by atoms with Gasteiger partial charge in [0, 0.05) is 0 Å². The van der Waals surface area contributed by atoms with Gasteiger partial charge in [-0.05, 0) is 72.1 Å². The minimum atomic E-state index is 0.322. The molecule has 1 aliphatic rings. The third kappa shape index (κ3) is 2.26. The molecule has 0 saturated carbocycles. The van der Waals surface area contributed by atoms with Crippen LogP contribution in [-0.2, 0) is 6.42 Å². The Labute approximate surface area is 119 Å². The number of aromatic hydroxyl groups is 2. The van der Waals surface area contributed by atoms with Gasteiger partial charge in [-0.3, -0.25) is 0 Å². The second-order valence-electron chi connectivity index (χ2n) is 5.63. The molecule has 0 amide bonds. The van der Waals surface area contributed by atoms with Gasteiger partial charge in [0.1, 0.15) is 11.5 Å². The van der Waals surface area contributed by atoms with E-state index < -0.39 is 0 Å². The summed E-state index contributed by atoms with van der Waals surface area (Å²) in [7, 11) is 0. The van der Waals surface area contributed by atoms with Gasteiger partial charge in [0.25, 0.3) is 0 Å². The summed E-state index contributed by atoms with van der Waals surface area (Å²) < 4.78 is 0. The predicted octanol–water partition coefficient (Wildman–Crippen LogP) is 4.32. The molecule has 2 N–H and O–H groups in total. The van der Waals surface area contributed by atoms with E-state index in [1.807, 2.05) is 18.2 Å². The fraction of sp³-hybridized carbons (Fsp3) is 0.333. The normalized spacial score (nSPS) is 21.4. The molecule has 0 aliphatic heterocycles. The molecule has 3 rings (SSSR count). The molecule has 0 aromatic heterocycles. The van der Waals surface area contributed by atoms with Crippen LogP contribution in [0.15, 0.2) is 42.5 Å². The minimum absolute atomic E-state index is 0.322. The summed E-state index contributed by atoms with van der Waals surface area (Å²) in [5.41, 5.74) is 3.95. The van der Waals surface area contributed by atoms with Crippen molar-refractivity contribution < 1.29 is 10.2 Å². The van der Waals surface area contributed by atoms with E-state index in [4.69, 9.17) is 0 Å². The van der Waals surface area contributed by atoms with Crippen LogP contribution in [0.3, 0.4) is 0 Å². The zero-order valence-corrected chi connectivity index (χ0v) is 11.7. The summed E-state index contributed by atoms with van der Waals surface area (Å²) in [6.07, 6.45) is 3.19. The summed E-state index contributed by atoms with van der Waals surface area (Å²) in [5.74, 6) is 1.67. The summed E-state index contributed by atoms with van der Waals surface area (Å²) in [6.45, 7) is 2.22. The average Bonchev–Trinajstić information content (AvgIpc) is 2.46. The molecule has 0 spiro atoms. The monoisotopic (exact) mass is 268 g/mol. The lowest BCUT2D eigenvalue weighted by molar-refractivity contribution is 0.449. The third-order valence-electron chi connectivity index (χ3n) is 4.50. The van der Waals surface area contributed by atoms with Crippen molar-refractivity contribution in [3.63, 3.8) is 0 Å². The van der Waals surface area contributed by atoms with E-state index in [0.29, 0.717) is 23.3 Å². The van der Waals surface area contributed by atoms with Crippen LogP contribution in [0.4, 0.5) is 0 Å². The summed E-state index contributed by atoms with van der Waals surface area (Å²) in [4.78, 5) is 0. The van der Waals surface area contributed by atoms with Gasteiger partial charge in [0.05, 0.1) is 0 Å². The molecule has 1 aliphatic carbocycles. The molecule has 0 heterocycles. The molecule has 2 atom stereocenters. The highest BCUT2D eigenvalue weighted by Gasteiger charge is 2.29. The summed E-state index contributed by atoms with van der Waals surface area (Å²) in [5, 5.41) is 19.1. The van der Waals surface area contributed by atoms with Crippen molar-refractivity contribution in [3.05, 3.63) is 59.2 Å². The van der Waals surface area contributed by atoms with Crippen LogP contribution < -0.4 is 0 Å².